The predicted molar refractivity (Wildman–Crippen MR) is 129 cm³/mol. The molecule has 3 aliphatic rings. The maximum absolute atomic E-state index is 13.7. The van der Waals surface area contributed by atoms with E-state index >= 15 is 0 Å². The zero-order valence-electron chi connectivity index (χ0n) is 20.7. The SMILES string of the molecule is CC[C@@H]1C=C[C@H]2[C@H](C(=O)N(CCCCCCO)[C@@H]2C(=O)NCCN2CCOCC2)[C@@H]1C(=O)NC. The van der Waals surface area contributed by atoms with Crippen molar-refractivity contribution < 1.29 is 24.2 Å². The molecule has 0 aromatic rings. The number of carbonyl (C=O) groups is 3. The smallest absolute Gasteiger partial charge is 0.243 e. The summed E-state index contributed by atoms with van der Waals surface area (Å²) in [6, 6.07) is -0.596. The highest BCUT2D eigenvalue weighted by atomic mass is 16.5. The van der Waals surface area contributed by atoms with Crippen LogP contribution in [0.3, 0.4) is 0 Å². The molecule has 3 rings (SSSR count). The molecular weight excluding hydrogens is 436 g/mol. The van der Waals surface area contributed by atoms with Crippen molar-refractivity contribution in [3.8, 4) is 0 Å². The summed E-state index contributed by atoms with van der Waals surface area (Å²) in [6.07, 6.45) is 8.10. The van der Waals surface area contributed by atoms with Gasteiger partial charge in [0.25, 0.3) is 0 Å². The van der Waals surface area contributed by atoms with Crippen LogP contribution < -0.4 is 10.6 Å². The lowest BCUT2D eigenvalue weighted by atomic mass is 9.69. The predicted octanol–water partition coefficient (Wildman–Crippen LogP) is 0.389. The average Bonchev–Trinajstić information content (AvgIpc) is 3.14. The standard InChI is InChI=1S/C25H42N4O5/c1-3-18-8-9-19-21(20(18)23(31)26-2)25(33)29(11-6-4-5-7-15-30)22(19)24(32)27-10-12-28-13-16-34-17-14-28/h8-9,18-22,30H,3-7,10-17H2,1-2H3,(H,26,31)(H,27,32)/t18-,19+,20-,21+,22+/m1/s1. The molecule has 2 heterocycles. The number of hydrogen-bond acceptors (Lipinski definition) is 6. The number of morpholine rings is 1. The van der Waals surface area contributed by atoms with Gasteiger partial charge in [0, 0.05) is 52.3 Å². The van der Waals surface area contributed by atoms with E-state index in [1.165, 1.54) is 0 Å². The lowest BCUT2D eigenvalue weighted by Crippen LogP contribution is -2.49. The topological polar surface area (TPSA) is 111 Å². The average molecular weight is 479 g/mol. The summed E-state index contributed by atoms with van der Waals surface area (Å²) in [7, 11) is 1.61. The number of hydrogen-bond donors (Lipinski definition) is 3. The minimum absolute atomic E-state index is 0.0142. The highest BCUT2D eigenvalue weighted by molar-refractivity contribution is 5.96. The number of carbonyl (C=O) groups excluding carboxylic acids is 3. The molecule has 2 fully saturated rings. The summed E-state index contributed by atoms with van der Waals surface area (Å²) in [5.74, 6) is -1.64. The number of likely N-dealkylation sites (tertiary alicyclic amines) is 1. The minimum atomic E-state index is -0.596. The Morgan fingerprint density at radius 2 is 1.82 bits per heavy atom. The third kappa shape index (κ3) is 6.17. The molecule has 2 aliphatic heterocycles. The fourth-order valence-corrected chi connectivity index (χ4v) is 5.67. The van der Waals surface area contributed by atoms with Gasteiger partial charge < -0.3 is 25.4 Å². The first-order valence-electron chi connectivity index (χ1n) is 12.9. The number of fused-ring (bicyclic) bond motifs is 1. The van der Waals surface area contributed by atoms with Crippen molar-refractivity contribution in [2.75, 3.05) is 59.6 Å². The van der Waals surface area contributed by atoms with Crippen molar-refractivity contribution in [1.82, 2.24) is 20.4 Å². The molecule has 0 unspecified atom stereocenters. The number of amides is 3. The summed E-state index contributed by atoms with van der Waals surface area (Å²) < 4.78 is 5.38. The summed E-state index contributed by atoms with van der Waals surface area (Å²) in [4.78, 5) is 43.9. The Labute approximate surface area is 203 Å². The van der Waals surface area contributed by atoms with Gasteiger partial charge in [-0.05, 0) is 25.2 Å². The van der Waals surface area contributed by atoms with Gasteiger partial charge in [-0.2, -0.15) is 0 Å². The first kappa shape index (κ1) is 26.6. The van der Waals surface area contributed by atoms with Gasteiger partial charge in [-0.15, -0.1) is 0 Å². The molecule has 5 atom stereocenters. The van der Waals surface area contributed by atoms with Gasteiger partial charge in [-0.1, -0.05) is 31.9 Å². The van der Waals surface area contributed by atoms with Gasteiger partial charge >= 0.3 is 0 Å². The van der Waals surface area contributed by atoms with E-state index in [4.69, 9.17) is 9.84 Å². The molecule has 192 valence electrons. The number of aliphatic hydroxyl groups is 1. The van der Waals surface area contributed by atoms with Gasteiger partial charge in [-0.25, -0.2) is 0 Å². The van der Waals surface area contributed by atoms with Crippen LogP contribution in [0.25, 0.3) is 0 Å². The Hall–Kier alpha value is -1.97. The van der Waals surface area contributed by atoms with E-state index in [0.717, 1.165) is 51.7 Å². The lowest BCUT2D eigenvalue weighted by Gasteiger charge is -2.34. The third-order valence-corrected chi connectivity index (χ3v) is 7.54. The second-order valence-electron chi connectivity index (χ2n) is 9.56. The van der Waals surface area contributed by atoms with Gasteiger partial charge in [-0.3, -0.25) is 19.3 Å². The maximum atomic E-state index is 13.7. The van der Waals surface area contributed by atoms with Gasteiger partial charge in [0.05, 0.1) is 25.0 Å². The number of nitrogens with one attached hydrogen (secondary N) is 2. The molecule has 1 aliphatic carbocycles. The number of rotatable bonds is 12. The number of aliphatic hydroxyl groups excluding tert-OH is 1. The molecule has 0 bridgehead atoms. The van der Waals surface area contributed by atoms with Crippen molar-refractivity contribution in [3.05, 3.63) is 12.2 Å². The van der Waals surface area contributed by atoms with Gasteiger partial charge in [0.2, 0.25) is 17.7 Å². The second kappa shape index (κ2) is 13.2. The van der Waals surface area contributed by atoms with E-state index in [-0.39, 0.29) is 36.2 Å². The Kier molecular flexibility index (Phi) is 10.3. The van der Waals surface area contributed by atoms with Crippen LogP contribution in [0.5, 0.6) is 0 Å². The van der Waals surface area contributed by atoms with E-state index in [2.05, 4.69) is 15.5 Å². The van der Waals surface area contributed by atoms with Crippen LogP contribution in [0.4, 0.5) is 0 Å². The molecular formula is C25H42N4O5. The van der Waals surface area contributed by atoms with E-state index in [1.54, 1.807) is 11.9 Å². The highest BCUT2D eigenvalue weighted by Crippen LogP contribution is 2.44. The molecule has 9 heteroatoms. The zero-order valence-corrected chi connectivity index (χ0v) is 20.7. The summed E-state index contributed by atoms with van der Waals surface area (Å²) >= 11 is 0. The first-order chi connectivity index (χ1) is 16.5. The molecule has 9 nitrogen and oxygen atoms in total. The molecule has 3 N–H and O–H groups in total. The number of ether oxygens (including phenoxy) is 1. The number of allylic oxidation sites excluding steroid dienone is 1. The molecule has 0 saturated carbocycles. The van der Waals surface area contributed by atoms with Crippen LogP contribution in [0.2, 0.25) is 0 Å². The lowest BCUT2D eigenvalue weighted by molar-refractivity contribution is -0.140. The molecule has 3 amide bonds. The van der Waals surface area contributed by atoms with Gasteiger partial charge in [0.1, 0.15) is 6.04 Å². The fraction of sp³-hybridized carbons (Fsp3) is 0.800. The normalized spacial score (nSPS) is 29.2. The third-order valence-electron chi connectivity index (χ3n) is 7.54. The fourth-order valence-electron chi connectivity index (χ4n) is 5.67. The number of nitrogens with zero attached hydrogens (tertiary/aromatic N) is 2. The van der Waals surface area contributed by atoms with Crippen LogP contribution >= 0.6 is 0 Å². The molecule has 0 aromatic carbocycles. The first-order valence-corrected chi connectivity index (χ1v) is 12.9. The quantitative estimate of drug-likeness (QED) is 0.276. The van der Waals surface area contributed by atoms with Crippen LogP contribution in [-0.4, -0.2) is 98.3 Å². The molecule has 0 spiro atoms. The molecule has 34 heavy (non-hydrogen) atoms. The zero-order chi connectivity index (χ0) is 24.5. The Balaban J connectivity index is 1.74. The Morgan fingerprint density at radius 1 is 1.09 bits per heavy atom. The Bertz CT molecular complexity index is 724. The molecule has 0 radical (unpaired) electrons. The maximum Gasteiger partial charge on any atom is 0.243 e. The van der Waals surface area contributed by atoms with Crippen LogP contribution in [-0.2, 0) is 19.1 Å². The summed E-state index contributed by atoms with van der Waals surface area (Å²) in [5, 5.41) is 14.8. The van der Waals surface area contributed by atoms with E-state index < -0.39 is 17.9 Å². The van der Waals surface area contributed by atoms with Crippen LogP contribution in [0.15, 0.2) is 12.2 Å². The largest absolute Gasteiger partial charge is 0.396 e. The van der Waals surface area contributed by atoms with Crippen molar-refractivity contribution in [2.24, 2.45) is 23.7 Å². The van der Waals surface area contributed by atoms with E-state index in [1.807, 2.05) is 19.1 Å². The van der Waals surface area contributed by atoms with Crippen molar-refractivity contribution in [3.63, 3.8) is 0 Å². The van der Waals surface area contributed by atoms with Crippen LogP contribution in [0, 0.1) is 23.7 Å². The molecule has 2 saturated heterocycles. The van der Waals surface area contributed by atoms with Gasteiger partial charge in [0.15, 0.2) is 0 Å². The van der Waals surface area contributed by atoms with Crippen LogP contribution in [0.1, 0.15) is 39.0 Å². The van der Waals surface area contributed by atoms with Crippen molar-refractivity contribution >= 4 is 17.7 Å². The van der Waals surface area contributed by atoms with E-state index in [9.17, 15) is 14.4 Å². The molecule has 0 aromatic heterocycles. The minimum Gasteiger partial charge on any atom is -0.396 e. The second-order valence-corrected chi connectivity index (χ2v) is 9.56. The van der Waals surface area contributed by atoms with E-state index in [0.29, 0.717) is 26.3 Å². The summed E-state index contributed by atoms with van der Waals surface area (Å²) in [6.45, 7) is 7.09. The van der Waals surface area contributed by atoms with Crippen molar-refractivity contribution in [2.45, 2.75) is 45.1 Å². The van der Waals surface area contributed by atoms with Crippen molar-refractivity contribution in [1.29, 1.82) is 0 Å². The Morgan fingerprint density at radius 3 is 2.50 bits per heavy atom. The monoisotopic (exact) mass is 478 g/mol. The highest BCUT2D eigenvalue weighted by Gasteiger charge is 2.56. The summed E-state index contributed by atoms with van der Waals surface area (Å²) in [5.41, 5.74) is 0. The number of unbranched alkanes of at least 4 members (excludes halogenated alkanes) is 3.